The van der Waals surface area contributed by atoms with Crippen molar-refractivity contribution in [3.63, 3.8) is 0 Å². The van der Waals surface area contributed by atoms with Crippen LogP contribution in [0.1, 0.15) is 33.1 Å². The van der Waals surface area contributed by atoms with Crippen LogP contribution in [0.2, 0.25) is 0 Å². The quantitative estimate of drug-likeness (QED) is 0.653. The first-order valence-corrected chi connectivity index (χ1v) is 5.28. The normalized spacial score (nSPS) is 38.0. The topological polar surface area (TPSA) is 18.5 Å². The maximum Gasteiger partial charge on any atom is 0.199 e. The minimum Gasteiger partial charge on any atom is -0.473 e. The molecule has 0 saturated heterocycles. The van der Waals surface area contributed by atoms with Crippen LogP contribution in [0, 0.1) is 11.8 Å². The van der Waals surface area contributed by atoms with Gasteiger partial charge in [-0.05, 0) is 37.2 Å². The molecule has 1 heterocycles. The summed E-state index contributed by atoms with van der Waals surface area (Å²) in [5.74, 6) is 1.47. The van der Waals surface area contributed by atoms with E-state index in [9.17, 15) is 0 Å². The number of allylic oxidation sites excluding steroid dienone is 1. The highest BCUT2D eigenvalue weighted by Crippen LogP contribution is 2.41. The van der Waals surface area contributed by atoms with Crippen molar-refractivity contribution >= 4 is 0 Å². The fourth-order valence-corrected chi connectivity index (χ4v) is 2.39. The molecule has 0 radical (unpaired) electrons. The Morgan fingerprint density at radius 3 is 3.15 bits per heavy atom. The third kappa shape index (κ3) is 1.73. The Bertz CT molecular complexity index is 210. The average Bonchev–Trinajstić information content (AvgIpc) is 2.48. The Kier molecular flexibility index (Phi) is 2.58. The predicted octanol–water partition coefficient (Wildman–Crippen LogP) is 2.70. The Balaban J connectivity index is 1.99. The lowest BCUT2D eigenvalue weighted by Gasteiger charge is -2.27. The lowest BCUT2D eigenvalue weighted by Crippen LogP contribution is -2.23. The molecule has 0 aromatic heterocycles. The molecule has 0 aromatic rings. The fraction of sp³-hybridized carbons (Fsp3) is 0.818. The molecule has 0 aromatic carbocycles. The van der Waals surface area contributed by atoms with Crippen LogP contribution in [0.5, 0.6) is 0 Å². The van der Waals surface area contributed by atoms with E-state index in [1.165, 1.54) is 18.4 Å². The largest absolute Gasteiger partial charge is 0.473 e. The second kappa shape index (κ2) is 3.70. The molecule has 2 heteroatoms. The zero-order valence-corrected chi connectivity index (χ0v) is 8.45. The van der Waals surface area contributed by atoms with E-state index in [1.54, 1.807) is 0 Å². The molecule has 0 spiro atoms. The van der Waals surface area contributed by atoms with Gasteiger partial charge in [-0.3, -0.25) is 0 Å². The van der Waals surface area contributed by atoms with E-state index < -0.39 is 0 Å². The van der Waals surface area contributed by atoms with Crippen molar-refractivity contribution in [3.8, 4) is 0 Å². The molecule has 1 aliphatic carbocycles. The van der Waals surface area contributed by atoms with Crippen molar-refractivity contribution in [3.05, 3.63) is 11.8 Å². The molecule has 0 N–H and O–H groups in total. The average molecular weight is 182 g/mol. The van der Waals surface area contributed by atoms with Crippen molar-refractivity contribution in [1.82, 2.24) is 0 Å². The molecule has 13 heavy (non-hydrogen) atoms. The summed E-state index contributed by atoms with van der Waals surface area (Å²) >= 11 is 0. The van der Waals surface area contributed by atoms with Crippen LogP contribution in [0.15, 0.2) is 11.8 Å². The number of hydrogen-bond donors (Lipinski definition) is 0. The summed E-state index contributed by atoms with van der Waals surface area (Å²) < 4.78 is 11.0. The van der Waals surface area contributed by atoms with E-state index in [2.05, 4.69) is 6.92 Å². The van der Waals surface area contributed by atoms with Gasteiger partial charge < -0.3 is 9.47 Å². The van der Waals surface area contributed by atoms with Crippen LogP contribution in [0.25, 0.3) is 0 Å². The Morgan fingerprint density at radius 1 is 1.54 bits per heavy atom. The summed E-state index contributed by atoms with van der Waals surface area (Å²) in [6, 6.07) is 0. The van der Waals surface area contributed by atoms with Gasteiger partial charge in [-0.25, -0.2) is 0 Å². The summed E-state index contributed by atoms with van der Waals surface area (Å²) in [6.07, 6.45) is 5.67. The van der Waals surface area contributed by atoms with Crippen molar-refractivity contribution < 1.29 is 9.47 Å². The summed E-state index contributed by atoms with van der Waals surface area (Å²) in [7, 11) is 0. The summed E-state index contributed by atoms with van der Waals surface area (Å²) in [5.41, 5.74) is 1.51. The van der Waals surface area contributed by atoms with Crippen LogP contribution in [-0.4, -0.2) is 12.9 Å². The predicted molar refractivity (Wildman–Crippen MR) is 51.1 cm³/mol. The first-order chi connectivity index (χ1) is 6.31. The molecule has 1 saturated carbocycles. The Hall–Kier alpha value is -0.500. The minimum atomic E-state index is 0.0176. The number of fused-ring (bicyclic) bond motifs is 1. The fourth-order valence-electron chi connectivity index (χ4n) is 2.39. The van der Waals surface area contributed by atoms with Crippen molar-refractivity contribution in [2.45, 2.75) is 39.4 Å². The smallest absolute Gasteiger partial charge is 0.199 e. The zero-order chi connectivity index (χ0) is 9.26. The molecule has 74 valence electrons. The molecule has 3 atom stereocenters. The standard InChI is InChI=1S/C11H18O2/c1-3-12-11-6-9-5-4-8(2)10(9)7-13-11/h7-9,11H,3-6H2,1-2H3/t8-,9+,11+/m1/s1. The van der Waals surface area contributed by atoms with E-state index in [-0.39, 0.29) is 6.29 Å². The molecule has 1 aliphatic heterocycles. The first kappa shape index (κ1) is 9.07. The molecule has 1 fully saturated rings. The van der Waals surface area contributed by atoms with Crippen LogP contribution in [0.3, 0.4) is 0 Å². The van der Waals surface area contributed by atoms with E-state index >= 15 is 0 Å². The van der Waals surface area contributed by atoms with E-state index in [0.717, 1.165) is 24.9 Å². The van der Waals surface area contributed by atoms with Crippen molar-refractivity contribution in [1.29, 1.82) is 0 Å². The van der Waals surface area contributed by atoms with Gasteiger partial charge in [0.05, 0.1) is 6.26 Å². The third-order valence-electron chi connectivity index (χ3n) is 3.17. The van der Waals surface area contributed by atoms with Gasteiger partial charge in [-0.2, -0.15) is 0 Å². The van der Waals surface area contributed by atoms with Crippen LogP contribution < -0.4 is 0 Å². The maximum absolute atomic E-state index is 5.52. The van der Waals surface area contributed by atoms with Crippen LogP contribution >= 0.6 is 0 Å². The van der Waals surface area contributed by atoms with E-state index in [4.69, 9.17) is 9.47 Å². The van der Waals surface area contributed by atoms with Gasteiger partial charge >= 0.3 is 0 Å². The van der Waals surface area contributed by atoms with Gasteiger partial charge in [0.2, 0.25) is 0 Å². The Labute approximate surface area is 79.9 Å². The van der Waals surface area contributed by atoms with Gasteiger partial charge in [0.25, 0.3) is 0 Å². The van der Waals surface area contributed by atoms with Crippen LogP contribution in [0.4, 0.5) is 0 Å². The summed E-state index contributed by atoms with van der Waals surface area (Å²) in [4.78, 5) is 0. The van der Waals surface area contributed by atoms with Gasteiger partial charge in [0, 0.05) is 13.0 Å². The van der Waals surface area contributed by atoms with Crippen molar-refractivity contribution in [2.24, 2.45) is 11.8 Å². The second-order valence-corrected chi connectivity index (χ2v) is 4.05. The summed E-state index contributed by atoms with van der Waals surface area (Å²) in [6.45, 7) is 5.05. The first-order valence-electron chi connectivity index (χ1n) is 5.28. The van der Waals surface area contributed by atoms with E-state index in [1.807, 2.05) is 13.2 Å². The highest BCUT2D eigenvalue weighted by atomic mass is 16.7. The minimum absolute atomic E-state index is 0.0176. The van der Waals surface area contributed by atoms with Gasteiger partial charge in [-0.15, -0.1) is 0 Å². The number of rotatable bonds is 2. The SMILES string of the molecule is CCO[C@@H]1C[C@@H]2CC[C@@H](C)C2=CO1. The number of hydrogen-bond acceptors (Lipinski definition) is 2. The molecule has 0 unspecified atom stereocenters. The van der Waals surface area contributed by atoms with Gasteiger partial charge in [-0.1, -0.05) is 6.92 Å². The Morgan fingerprint density at radius 2 is 2.38 bits per heavy atom. The van der Waals surface area contributed by atoms with Crippen molar-refractivity contribution in [2.75, 3.05) is 6.61 Å². The van der Waals surface area contributed by atoms with Gasteiger partial charge in [0.1, 0.15) is 0 Å². The highest BCUT2D eigenvalue weighted by molar-refractivity contribution is 5.14. The monoisotopic (exact) mass is 182 g/mol. The molecular formula is C11H18O2. The molecule has 0 bridgehead atoms. The highest BCUT2D eigenvalue weighted by Gasteiger charge is 2.33. The zero-order valence-electron chi connectivity index (χ0n) is 8.45. The van der Waals surface area contributed by atoms with Crippen LogP contribution in [-0.2, 0) is 9.47 Å². The second-order valence-electron chi connectivity index (χ2n) is 4.05. The molecular weight excluding hydrogens is 164 g/mol. The summed E-state index contributed by atoms with van der Waals surface area (Å²) in [5, 5.41) is 0. The third-order valence-corrected chi connectivity index (χ3v) is 3.17. The molecule has 2 aliphatic rings. The lowest BCUT2D eigenvalue weighted by atomic mass is 9.95. The van der Waals surface area contributed by atoms with Gasteiger partial charge in [0.15, 0.2) is 6.29 Å². The maximum atomic E-state index is 5.52. The number of ether oxygens (including phenoxy) is 2. The van der Waals surface area contributed by atoms with E-state index in [0.29, 0.717) is 0 Å². The molecule has 2 nitrogen and oxygen atoms in total. The molecule has 0 amide bonds. The molecule has 2 rings (SSSR count). The lowest BCUT2D eigenvalue weighted by molar-refractivity contribution is -0.120.